The molecule has 0 spiro atoms. The lowest BCUT2D eigenvalue weighted by atomic mass is 9.84. The molecule has 1 aromatic rings. The van der Waals surface area contributed by atoms with Crippen LogP contribution in [0, 0.1) is 11.3 Å². The van der Waals surface area contributed by atoms with E-state index in [9.17, 15) is 19.5 Å². The molecule has 1 saturated heterocycles. The van der Waals surface area contributed by atoms with Crippen LogP contribution in [0.5, 0.6) is 5.75 Å². The number of carboxylic acid groups (broad SMARTS) is 1. The summed E-state index contributed by atoms with van der Waals surface area (Å²) in [7, 11) is 0. The van der Waals surface area contributed by atoms with Gasteiger partial charge in [0.05, 0.1) is 18.2 Å². The SMILES string of the molecule is N=C(N)c1ccc(CNC(=O)[C@@H]2CCCN2C(=O)[C@@H](CC2CCCCC2)NCC(=O)O)cc1O. The fourth-order valence-electron chi connectivity index (χ4n) is 4.96. The van der Waals surface area contributed by atoms with Crippen molar-refractivity contribution in [2.45, 2.75) is 70.0 Å². The molecule has 0 aromatic heterocycles. The number of amides is 2. The fourth-order valence-corrected chi connectivity index (χ4v) is 4.96. The van der Waals surface area contributed by atoms with E-state index in [-0.39, 0.29) is 42.1 Å². The summed E-state index contributed by atoms with van der Waals surface area (Å²) >= 11 is 0. The minimum absolute atomic E-state index is 0.132. The van der Waals surface area contributed by atoms with Gasteiger partial charge in [-0.25, -0.2) is 0 Å². The number of aromatic hydroxyl groups is 1. The number of nitrogens with two attached hydrogens (primary N) is 1. The number of carbonyl (C=O) groups is 3. The quantitative estimate of drug-likeness (QED) is 0.220. The zero-order valence-corrected chi connectivity index (χ0v) is 19.4. The third kappa shape index (κ3) is 6.69. The number of carbonyl (C=O) groups excluding carboxylic acids is 2. The van der Waals surface area contributed by atoms with Gasteiger partial charge in [-0.3, -0.25) is 25.1 Å². The second-order valence-electron chi connectivity index (χ2n) is 9.24. The normalized spacial score (nSPS) is 19.5. The number of hydrogen-bond acceptors (Lipinski definition) is 6. The first-order valence-corrected chi connectivity index (χ1v) is 12.0. The number of nitrogens with zero attached hydrogens (tertiary/aromatic N) is 1. The summed E-state index contributed by atoms with van der Waals surface area (Å²) in [4.78, 5) is 39.0. The van der Waals surface area contributed by atoms with E-state index in [0.717, 1.165) is 25.7 Å². The Labute approximate surface area is 199 Å². The molecule has 0 bridgehead atoms. The third-order valence-corrected chi connectivity index (χ3v) is 6.75. The maximum absolute atomic E-state index is 13.4. The summed E-state index contributed by atoms with van der Waals surface area (Å²) in [6, 6.07) is 3.41. The molecular formula is C24H35N5O5. The average Bonchev–Trinajstić information content (AvgIpc) is 3.30. The van der Waals surface area contributed by atoms with Gasteiger partial charge >= 0.3 is 5.97 Å². The lowest BCUT2D eigenvalue weighted by molar-refractivity contribution is -0.141. The number of rotatable bonds is 10. The Balaban J connectivity index is 1.63. The molecule has 3 rings (SSSR count). The van der Waals surface area contributed by atoms with E-state index in [2.05, 4.69) is 10.6 Å². The number of aliphatic carboxylic acids is 1. The van der Waals surface area contributed by atoms with Crippen molar-refractivity contribution < 1.29 is 24.6 Å². The second kappa shape index (κ2) is 11.8. The minimum Gasteiger partial charge on any atom is -0.507 e. The molecule has 1 heterocycles. The van der Waals surface area contributed by atoms with Gasteiger partial charge in [0.2, 0.25) is 11.8 Å². The Morgan fingerprint density at radius 3 is 2.53 bits per heavy atom. The van der Waals surface area contributed by atoms with Crippen LogP contribution in [-0.4, -0.2) is 63.9 Å². The number of hydrogen-bond donors (Lipinski definition) is 6. The number of nitrogen functional groups attached to an aromatic ring is 1. The number of carboxylic acids is 1. The van der Waals surface area contributed by atoms with E-state index in [1.165, 1.54) is 18.6 Å². The molecule has 1 aromatic carbocycles. The molecule has 1 saturated carbocycles. The predicted octanol–water partition coefficient (Wildman–Crippen LogP) is 1.30. The van der Waals surface area contributed by atoms with Crippen LogP contribution < -0.4 is 16.4 Å². The summed E-state index contributed by atoms with van der Waals surface area (Å²) in [6.45, 7) is 0.320. The number of likely N-dealkylation sites (tertiary alicyclic amines) is 1. The highest BCUT2D eigenvalue weighted by Crippen LogP contribution is 2.29. The molecule has 1 aliphatic carbocycles. The van der Waals surface area contributed by atoms with E-state index in [0.29, 0.717) is 37.3 Å². The van der Waals surface area contributed by atoms with E-state index < -0.39 is 18.1 Å². The first-order chi connectivity index (χ1) is 16.3. The van der Waals surface area contributed by atoms with Crippen LogP contribution in [0.1, 0.15) is 62.5 Å². The largest absolute Gasteiger partial charge is 0.507 e. The van der Waals surface area contributed by atoms with Crippen molar-refractivity contribution in [1.29, 1.82) is 5.41 Å². The van der Waals surface area contributed by atoms with Crippen molar-refractivity contribution in [3.63, 3.8) is 0 Å². The maximum Gasteiger partial charge on any atom is 0.317 e. The van der Waals surface area contributed by atoms with Gasteiger partial charge < -0.3 is 26.2 Å². The molecule has 34 heavy (non-hydrogen) atoms. The summed E-state index contributed by atoms with van der Waals surface area (Å²) < 4.78 is 0. The molecule has 1 aliphatic heterocycles. The smallest absolute Gasteiger partial charge is 0.317 e. The molecule has 10 nitrogen and oxygen atoms in total. The average molecular weight is 474 g/mol. The predicted molar refractivity (Wildman–Crippen MR) is 126 cm³/mol. The number of phenols is 1. The lowest BCUT2D eigenvalue weighted by Gasteiger charge is -2.31. The lowest BCUT2D eigenvalue weighted by Crippen LogP contribution is -2.53. The van der Waals surface area contributed by atoms with Gasteiger partial charge in [0.1, 0.15) is 17.6 Å². The Morgan fingerprint density at radius 2 is 1.88 bits per heavy atom. The van der Waals surface area contributed by atoms with Crippen molar-refractivity contribution in [2.24, 2.45) is 11.7 Å². The van der Waals surface area contributed by atoms with Crippen LogP contribution in [0.2, 0.25) is 0 Å². The molecule has 2 fully saturated rings. The fraction of sp³-hybridized carbons (Fsp3) is 0.583. The summed E-state index contributed by atoms with van der Waals surface area (Å²) in [6.07, 6.45) is 7.36. The van der Waals surface area contributed by atoms with E-state index in [1.54, 1.807) is 11.0 Å². The highest BCUT2D eigenvalue weighted by atomic mass is 16.4. The molecule has 186 valence electrons. The standard InChI is InChI=1S/C24H35N5O5/c25-22(26)17-9-8-16(12-20(17)30)13-28-23(33)19-7-4-10-29(19)24(34)18(27-14-21(31)32)11-15-5-2-1-3-6-15/h8-9,12,15,18-19,27,30H,1-7,10-11,13-14H2,(H3,25,26)(H,28,33)(H,31,32)/t18-,19+/m1/s1. The highest BCUT2D eigenvalue weighted by Gasteiger charge is 2.37. The number of nitrogens with one attached hydrogen (secondary N) is 3. The third-order valence-electron chi connectivity index (χ3n) is 6.75. The van der Waals surface area contributed by atoms with Crippen LogP contribution >= 0.6 is 0 Å². The Hall–Kier alpha value is -3.14. The minimum atomic E-state index is -1.02. The van der Waals surface area contributed by atoms with Gasteiger partial charge in [0.15, 0.2) is 0 Å². The zero-order valence-electron chi connectivity index (χ0n) is 19.4. The molecule has 0 unspecified atom stereocenters. The molecule has 2 aliphatic rings. The first kappa shape index (κ1) is 25.5. The van der Waals surface area contributed by atoms with Gasteiger partial charge in [0.25, 0.3) is 0 Å². The zero-order chi connectivity index (χ0) is 24.7. The summed E-state index contributed by atoms with van der Waals surface area (Å²) in [5.74, 6) is -1.51. The monoisotopic (exact) mass is 473 g/mol. The van der Waals surface area contributed by atoms with Crippen LogP contribution in [-0.2, 0) is 20.9 Å². The van der Waals surface area contributed by atoms with Crippen molar-refractivity contribution in [2.75, 3.05) is 13.1 Å². The molecular weight excluding hydrogens is 438 g/mol. The van der Waals surface area contributed by atoms with Crippen LogP contribution in [0.4, 0.5) is 0 Å². The maximum atomic E-state index is 13.4. The van der Waals surface area contributed by atoms with E-state index in [1.807, 2.05) is 0 Å². The topological polar surface area (TPSA) is 169 Å². The number of amidine groups is 1. The van der Waals surface area contributed by atoms with Gasteiger partial charge in [-0.2, -0.15) is 0 Å². The highest BCUT2D eigenvalue weighted by molar-refractivity contribution is 5.97. The van der Waals surface area contributed by atoms with Crippen LogP contribution in [0.15, 0.2) is 18.2 Å². The van der Waals surface area contributed by atoms with Crippen LogP contribution in [0.25, 0.3) is 0 Å². The van der Waals surface area contributed by atoms with Gasteiger partial charge in [0, 0.05) is 13.1 Å². The number of benzene rings is 1. The van der Waals surface area contributed by atoms with Crippen molar-refractivity contribution in [3.05, 3.63) is 29.3 Å². The molecule has 7 N–H and O–H groups in total. The Bertz CT molecular complexity index is 915. The van der Waals surface area contributed by atoms with Crippen molar-refractivity contribution in [1.82, 2.24) is 15.5 Å². The summed E-state index contributed by atoms with van der Waals surface area (Å²) in [5.41, 5.74) is 6.28. The van der Waals surface area contributed by atoms with E-state index >= 15 is 0 Å². The summed E-state index contributed by atoms with van der Waals surface area (Å²) in [5, 5.41) is 32.3. The van der Waals surface area contributed by atoms with Gasteiger partial charge in [-0.15, -0.1) is 0 Å². The molecule has 0 radical (unpaired) electrons. The molecule has 2 atom stereocenters. The van der Waals surface area contributed by atoms with Crippen molar-refractivity contribution in [3.8, 4) is 5.75 Å². The second-order valence-corrected chi connectivity index (χ2v) is 9.24. The molecule has 2 amide bonds. The van der Waals surface area contributed by atoms with Gasteiger partial charge in [-0.1, -0.05) is 38.2 Å². The van der Waals surface area contributed by atoms with Crippen LogP contribution in [0.3, 0.4) is 0 Å². The molecule has 10 heteroatoms. The van der Waals surface area contributed by atoms with E-state index in [4.69, 9.17) is 16.2 Å². The van der Waals surface area contributed by atoms with Crippen molar-refractivity contribution >= 4 is 23.6 Å². The first-order valence-electron chi connectivity index (χ1n) is 12.0. The number of phenolic OH excluding ortho intramolecular Hbond substituents is 1. The Kier molecular flexibility index (Phi) is 8.86. The van der Waals surface area contributed by atoms with Gasteiger partial charge in [-0.05, 0) is 42.9 Å². The Morgan fingerprint density at radius 1 is 1.15 bits per heavy atom.